The van der Waals surface area contributed by atoms with Crippen LogP contribution >= 0.6 is 0 Å². The average molecular weight is 258 g/mol. The summed E-state index contributed by atoms with van der Waals surface area (Å²) < 4.78 is 5.42. The Kier molecular flexibility index (Phi) is 1.81. The fourth-order valence-corrected chi connectivity index (χ4v) is 6.98. The molecule has 1 heteroatoms. The van der Waals surface area contributed by atoms with Gasteiger partial charge in [0.1, 0.15) is 0 Å². The van der Waals surface area contributed by atoms with E-state index in [0.29, 0.717) is 6.10 Å². The van der Waals surface area contributed by atoms with Gasteiger partial charge in [-0.1, -0.05) is 0 Å². The standard InChI is InChI=1S/C18H26O/c1-2-11-8-16-17(18(16)3-4-18)15(11)6-10(1)14-7-12(14)5-13-9-19-13/h10-17H,1-9H2. The minimum atomic E-state index is 0.681. The largest absolute Gasteiger partial charge is 0.373 e. The van der Waals surface area contributed by atoms with Crippen molar-refractivity contribution in [1.82, 2.24) is 0 Å². The van der Waals surface area contributed by atoms with E-state index in [1.807, 2.05) is 0 Å². The van der Waals surface area contributed by atoms with E-state index in [9.17, 15) is 0 Å². The van der Waals surface area contributed by atoms with E-state index in [-0.39, 0.29) is 0 Å². The first kappa shape index (κ1) is 10.7. The monoisotopic (exact) mass is 258 g/mol. The predicted molar refractivity (Wildman–Crippen MR) is 73.5 cm³/mol. The molecule has 1 heterocycles. The smallest absolute Gasteiger partial charge is 0.0812 e. The summed E-state index contributed by atoms with van der Waals surface area (Å²) in [5, 5.41) is 0. The number of hydrogen-bond donors (Lipinski definition) is 0. The molecule has 1 saturated heterocycles. The van der Waals surface area contributed by atoms with E-state index < -0.39 is 0 Å². The second kappa shape index (κ2) is 3.24. The molecule has 0 aromatic rings. The van der Waals surface area contributed by atoms with Crippen LogP contribution in [0.5, 0.6) is 0 Å². The molecule has 1 nitrogen and oxygen atoms in total. The molecule has 0 aromatic heterocycles. The normalized spacial score (nSPS) is 62.5. The van der Waals surface area contributed by atoms with Gasteiger partial charge in [0.2, 0.25) is 0 Å². The lowest BCUT2D eigenvalue weighted by molar-refractivity contribution is 0.149. The van der Waals surface area contributed by atoms with E-state index >= 15 is 0 Å². The Morgan fingerprint density at radius 3 is 2.47 bits per heavy atom. The van der Waals surface area contributed by atoms with Crippen molar-refractivity contribution in [3.63, 3.8) is 0 Å². The molecule has 6 fully saturated rings. The van der Waals surface area contributed by atoms with Crippen molar-refractivity contribution in [3.8, 4) is 0 Å². The Bertz CT molecular complexity index is 421. The molecule has 104 valence electrons. The molecule has 0 N–H and O–H groups in total. The quantitative estimate of drug-likeness (QED) is 0.700. The lowest BCUT2D eigenvalue weighted by Crippen LogP contribution is -2.26. The van der Waals surface area contributed by atoms with Crippen LogP contribution in [0.25, 0.3) is 0 Å². The van der Waals surface area contributed by atoms with Crippen LogP contribution in [0.2, 0.25) is 0 Å². The zero-order valence-electron chi connectivity index (χ0n) is 11.9. The summed E-state index contributed by atoms with van der Waals surface area (Å²) in [6.45, 7) is 1.07. The van der Waals surface area contributed by atoms with Crippen LogP contribution in [0.1, 0.15) is 51.4 Å². The molecule has 0 aromatic carbocycles. The number of fused-ring (bicyclic) bond motifs is 5. The molecule has 19 heavy (non-hydrogen) atoms. The van der Waals surface area contributed by atoms with Gasteiger partial charge >= 0.3 is 0 Å². The Morgan fingerprint density at radius 2 is 1.74 bits per heavy atom. The van der Waals surface area contributed by atoms with Crippen molar-refractivity contribution in [1.29, 1.82) is 0 Å². The predicted octanol–water partition coefficient (Wildman–Crippen LogP) is 3.87. The van der Waals surface area contributed by atoms with Gasteiger partial charge in [0, 0.05) is 0 Å². The molecule has 8 atom stereocenters. The maximum Gasteiger partial charge on any atom is 0.0812 e. The van der Waals surface area contributed by atoms with Crippen molar-refractivity contribution in [2.45, 2.75) is 57.5 Å². The first-order chi connectivity index (χ1) is 9.35. The fraction of sp³-hybridized carbons (Fsp3) is 1.00. The molecule has 8 unspecified atom stereocenters. The zero-order valence-corrected chi connectivity index (χ0v) is 11.9. The average Bonchev–Trinajstić information content (AvgIpc) is 3.26. The molecule has 0 bridgehead atoms. The van der Waals surface area contributed by atoms with Crippen molar-refractivity contribution in [3.05, 3.63) is 0 Å². The number of hydrogen-bond acceptors (Lipinski definition) is 1. The van der Waals surface area contributed by atoms with Crippen molar-refractivity contribution >= 4 is 0 Å². The molecular weight excluding hydrogens is 232 g/mol. The third kappa shape index (κ3) is 1.41. The lowest BCUT2D eigenvalue weighted by Gasteiger charge is -2.35. The van der Waals surface area contributed by atoms with Gasteiger partial charge in [0.15, 0.2) is 0 Å². The van der Waals surface area contributed by atoms with Gasteiger partial charge < -0.3 is 4.74 Å². The van der Waals surface area contributed by atoms with Gasteiger partial charge in [-0.05, 0) is 98.2 Å². The Hall–Kier alpha value is -0.0400. The van der Waals surface area contributed by atoms with E-state index in [1.165, 1.54) is 30.1 Å². The molecule has 6 rings (SSSR count). The van der Waals surface area contributed by atoms with E-state index in [0.717, 1.165) is 29.8 Å². The second-order valence-electron chi connectivity index (χ2n) is 8.95. The number of epoxide rings is 1. The Labute approximate surface area is 116 Å². The minimum absolute atomic E-state index is 0.681. The van der Waals surface area contributed by atoms with E-state index in [4.69, 9.17) is 4.74 Å². The molecule has 0 amide bonds. The molecule has 1 aliphatic heterocycles. The highest BCUT2D eigenvalue weighted by molar-refractivity contribution is 5.25. The number of ether oxygens (including phenoxy) is 1. The van der Waals surface area contributed by atoms with Crippen LogP contribution in [0, 0.1) is 46.8 Å². The van der Waals surface area contributed by atoms with Crippen LogP contribution in [-0.4, -0.2) is 12.7 Å². The van der Waals surface area contributed by atoms with Crippen LogP contribution < -0.4 is 0 Å². The number of rotatable bonds is 3. The van der Waals surface area contributed by atoms with Gasteiger partial charge in [-0.2, -0.15) is 0 Å². The van der Waals surface area contributed by atoms with Crippen molar-refractivity contribution in [2.75, 3.05) is 6.61 Å². The van der Waals surface area contributed by atoms with Gasteiger partial charge in [-0.25, -0.2) is 0 Å². The van der Waals surface area contributed by atoms with Crippen molar-refractivity contribution < 1.29 is 4.74 Å². The summed E-state index contributed by atoms with van der Waals surface area (Å²) in [5.74, 6) is 8.12. The topological polar surface area (TPSA) is 12.5 Å². The van der Waals surface area contributed by atoms with Crippen LogP contribution in [0.3, 0.4) is 0 Å². The molecule has 0 radical (unpaired) electrons. The molecule has 5 saturated carbocycles. The molecule has 5 aliphatic carbocycles. The first-order valence-electron chi connectivity index (χ1n) is 8.97. The van der Waals surface area contributed by atoms with Gasteiger partial charge in [0.05, 0.1) is 12.7 Å². The summed E-state index contributed by atoms with van der Waals surface area (Å²) in [4.78, 5) is 0. The van der Waals surface area contributed by atoms with Gasteiger partial charge in [0.25, 0.3) is 0 Å². The van der Waals surface area contributed by atoms with Crippen molar-refractivity contribution in [2.24, 2.45) is 46.8 Å². The third-order valence-electron chi connectivity index (χ3n) is 8.21. The van der Waals surface area contributed by atoms with Crippen LogP contribution in [0.4, 0.5) is 0 Å². The van der Waals surface area contributed by atoms with Gasteiger partial charge in [-0.3, -0.25) is 0 Å². The lowest BCUT2D eigenvalue weighted by atomic mass is 9.70. The van der Waals surface area contributed by atoms with E-state index in [2.05, 4.69) is 0 Å². The highest BCUT2D eigenvalue weighted by Gasteiger charge is 2.77. The van der Waals surface area contributed by atoms with Crippen LogP contribution in [-0.2, 0) is 4.74 Å². The Morgan fingerprint density at radius 1 is 0.947 bits per heavy atom. The van der Waals surface area contributed by atoms with Crippen LogP contribution in [0.15, 0.2) is 0 Å². The second-order valence-corrected chi connectivity index (χ2v) is 8.95. The first-order valence-corrected chi connectivity index (χ1v) is 8.97. The SMILES string of the molecule is C1OC1CC1CC1C1CCC2CC3C(C2C1)C31CC1. The Balaban J connectivity index is 1.14. The molecule has 1 spiro atoms. The summed E-state index contributed by atoms with van der Waals surface area (Å²) in [6.07, 6.45) is 13.3. The highest BCUT2D eigenvalue weighted by Crippen LogP contribution is 2.84. The molecule has 6 aliphatic rings. The summed E-state index contributed by atoms with van der Waals surface area (Å²) >= 11 is 0. The van der Waals surface area contributed by atoms with E-state index in [1.54, 1.807) is 44.9 Å². The summed E-state index contributed by atoms with van der Waals surface area (Å²) in [7, 11) is 0. The summed E-state index contributed by atoms with van der Waals surface area (Å²) in [6, 6.07) is 0. The molecular formula is C18H26O. The maximum absolute atomic E-state index is 5.42. The fourth-order valence-electron chi connectivity index (χ4n) is 6.98. The zero-order chi connectivity index (χ0) is 12.2. The third-order valence-corrected chi connectivity index (χ3v) is 8.21. The highest BCUT2D eigenvalue weighted by atomic mass is 16.6. The maximum atomic E-state index is 5.42. The van der Waals surface area contributed by atoms with Gasteiger partial charge in [-0.15, -0.1) is 0 Å². The minimum Gasteiger partial charge on any atom is -0.373 e. The summed E-state index contributed by atoms with van der Waals surface area (Å²) in [5.41, 5.74) is 0.966.